The number of pyridine rings is 1. The van der Waals surface area contributed by atoms with Crippen LogP contribution in [-0.4, -0.2) is 15.3 Å². The van der Waals surface area contributed by atoms with E-state index in [0.29, 0.717) is 22.7 Å². The Bertz CT molecular complexity index is 1150. The summed E-state index contributed by atoms with van der Waals surface area (Å²) in [6.45, 7) is 0.203. The highest BCUT2D eigenvalue weighted by molar-refractivity contribution is 5.77. The molecular weight excluding hydrogens is 395 g/mol. The summed E-state index contributed by atoms with van der Waals surface area (Å²) >= 11 is 0. The summed E-state index contributed by atoms with van der Waals surface area (Å²) in [5.41, 5.74) is 0.928. The Hall–Kier alpha value is -3.55. The molecule has 1 amide bonds. The number of carbonyl (C=O) groups is 1. The molecule has 4 rings (SSSR count). The molecule has 0 bridgehead atoms. The molecule has 3 heterocycles. The minimum absolute atomic E-state index is 0.0370. The fourth-order valence-corrected chi connectivity index (χ4v) is 3.39. The van der Waals surface area contributed by atoms with Gasteiger partial charge in [0.1, 0.15) is 11.4 Å². The molecule has 154 valence electrons. The maximum absolute atomic E-state index is 13.3. The van der Waals surface area contributed by atoms with Crippen molar-refractivity contribution >= 4 is 11.6 Å². The van der Waals surface area contributed by atoms with E-state index in [0.717, 1.165) is 12.1 Å². The van der Waals surface area contributed by atoms with Crippen LogP contribution in [0.3, 0.4) is 0 Å². The fraction of sp³-hybridized carbons (Fsp3) is 0.182. The number of hydrogen-bond acceptors (Lipinski definition) is 3. The molecule has 30 heavy (non-hydrogen) atoms. The third kappa shape index (κ3) is 4.22. The highest BCUT2D eigenvalue weighted by Gasteiger charge is 2.32. The monoisotopic (exact) mass is 413 g/mol. The highest BCUT2D eigenvalue weighted by Crippen LogP contribution is 2.34. The van der Waals surface area contributed by atoms with Gasteiger partial charge in [-0.15, -0.1) is 0 Å². The molecular formula is C22H18F3N3O2. The van der Waals surface area contributed by atoms with Gasteiger partial charge < -0.3 is 14.1 Å². The standard InChI is InChI=1S/C22H18F3N3O2/c23-22(24,25)16-6-3-5-15(11-16)18(12-21(29)27-13-17-7-4-10-30-17)19-14-26-20-8-1-2-9-28(19)20/h1-11,14,18H,12-13H2,(H,27,29). The number of aromatic nitrogens is 2. The van der Waals surface area contributed by atoms with Gasteiger partial charge in [0.2, 0.25) is 5.91 Å². The van der Waals surface area contributed by atoms with Gasteiger partial charge in [-0.25, -0.2) is 4.98 Å². The molecule has 1 unspecified atom stereocenters. The molecule has 4 aromatic rings. The number of amides is 1. The molecule has 0 aliphatic heterocycles. The number of benzene rings is 1. The lowest BCUT2D eigenvalue weighted by Crippen LogP contribution is -2.25. The van der Waals surface area contributed by atoms with E-state index in [1.165, 1.54) is 12.3 Å². The van der Waals surface area contributed by atoms with Gasteiger partial charge in [-0.2, -0.15) is 13.2 Å². The Morgan fingerprint density at radius 3 is 2.77 bits per heavy atom. The van der Waals surface area contributed by atoms with Crippen LogP contribution < -0.4 is 5.32 Å². The number of nitrogens with zero attached hydrogens (tertiary/aromatic N) is 2. The molecule has 3 aromatic heterocycles. The maximum Gasteiger partial charge on any atom is 0.416 e. The van der Waals surface area contributed by atoms with Crippen LogP contribution in [0.2, 0.25) is 0 Å². The first-order valence-corrected chi connectivity index (χ1v) is 9.30. The number of furan rings is 1. The fourth-order valence-electron chi connectivity index (χ4n) is 3.39. The van der Waals surface area contributed by atoms with Gasteiger partial charge in [-0.3, -0.25) is 4.79 Å². The first-order chi connectivity index (χ1) is 14.4. The second-order valence-corrected chi connectivity index (χ2v) is 6.85. The van der Waals surface area contributed by atoms with E-state index in [9.17, 15) is 18.0 Å². The zero-order valence-corrected chi connectivity index (χ0v) is 15.8. The lowest BCUT2D eigenvalue weighted by molar-refractivity contribution is -0.137. The Balaban J connectivity index is 1.67. The number of imidazole rings is 1. The third-order valence-corrected chi connectivity index (χ3v) is 4.85. The van der Waals surface area contributed by atoms with Gasteiger partial charge >= 0.3 is 6.18 Å². The summed E-state index contributed by atoms with van der Waals surface area (Å²) in [7, 11) is 0. The van der Waals surface area contributed by atoms with Crippen molar-refractivity contribution < 1.29 is 22.4 Å². The molecule has 0 aliphatic rings. The number of carbonyl (C=O) groups excluding carboxylic acids is 1. The third-order valence-electron chi connectivity index (χ3n) is 4.85. The van der Waals surface area contributed by atoms with E-state index in [1.807, 2.05) is 6.07 Å². The van der Waals surface area contributed by atoms with Crippen LogP contribution in [0.1, 0.15) is 34.9 Å². The molecule has 8 heteroatoms. The molecule has 0 fully saturated rings. The van der Waals surface area contributed by atoms with Gasteiger partial charge in [0.25, 0.3) is 0 Å². The van der Waals surface area contributed by atoms with Crippen molar-refractivity contribution in [2.24, 2.45) is 0 Å². The molecule has 1 atom stereocenters. The topological polar surface area (TPSA) is 59.5 Å². The van der Waals surface area contributed by atoms with Gasteiger partial charge in [0.05, 0.1) is 24.1 Å². The Morgan fingerprint density at radius 2 is 2.00 bits per heavy atom. The summed E-state index contributed by atoms with van der Waals surface area (Å²) in [4.78, 5) is 17.0. The van der Waals surface area contributed by atoms with E-state index in [-0.39, 0.29) is 18.9 Å². The van der Waals surface area contributed by atoms with Crippen LogP contribution in [0.5, 0.6) is 0 Å². The Morgan fingerprint density at radius 1 is 1.13 bits per heavy atom. The minimum Gasteiger partial charge on any atom is -0.467 e. The number of hydrogen-bond donors (Lipinski definition) is 1. The SMILES string of the molecule is O=C(CC(c1cccc(C(F)(F)F)c1)c1cnc2ccccn12)NCc1ccco1. The van der Waals surface area contributed by atoms with Gasteiger partial charge in [0.15, 0.2) is 0 Å². The number of rotatable bonds is 6. The van der Waals surface area contributed by atoms with Gasteiger partial charge in [-0.1, -0.05) is 24.3 Å². The van der Waals surface area contributed by atoms with Crippen LogP contribution >= 0.6 is 0 Å². The number of fused-ring (bicyclic) bond motifs is 1. The Kier molecular flexibility index (Phi) is 5.31. The summed E-state index contributed by atoms with van der Waals surface area (Å²) in [5, 5.41) is 2.76. The summed E-state index contributed by atoms with van der Waals surface area (Å²) in [6, 6.07) is 13.9. The van der Waals surface area contributed by atoms with E-state index >= 15 is 0 Å². The maximum atomic E-state index is 13.3. The first-order valence-electron chi connectivity index (χ1n) is 9.30. The van der Waals surface area contributed by atoms with Crippen molar-refractivity contribution in [2.45, 2.75) is 25.1 Å². The number of halogens is 3. The van der Waals surface area contributed by atoms with E-state index in [1.54, 1.807) is 47.1 Å². The number of alkyl halides is 3. The summed E-state index contributed by atoms with van der Waals surface area (Å²) in [6.07, 6.45) is 0.372. The zero-order valence-electron chi connectivity index (χ0n) is 15.8. The van der Waals surface area contributed by atoms with Gasteiger partial charge in [0, 0.05) is 24.7 Å². The normalized spacial score (nSPS) is 12.8. The van der Waals surface area contributed by atoms with Crippen LogP contribution in [-0.2, 0) is 17.5 Å². The van der Waals surface area contributed by atoms with E-state index in [2.05, 4.69) is 10.3 Å². The molecule has 0 saturated carbocycles. The number of nitrogens with one attached hydrogen (secondary N) is 1. The molecule has 5 nitrogen and oxygen atoms in total. The molecule has 0 saturated heterocycles. The van der Waals surface area contributed by atoms with Crippen molar-refractivity contribution in [1.29, 1.82) is 0 Å². The largest absolute Gasteiger partial charge is 0.467 e. The minimum atomic E-state index is -4.47. The van der Waals surface area contributed by atoms with Crippen molar-refractivity contribution in [3.8, 4) is 0 Å². The average Bonchev–Trinajstić information content (AvgIpc) is 3.40. The summed E-state index contributed by atoms with van der Waals surface area (Å²) < 4.78 is 46.8. The molecule has 1 N–H and O–H groups in total. The predicted molar refractivity (Wildman–Crippen MR) is 104 cm³/mol. The van der Waals surface area contributed by atoms with Crippen LogP contribution in [0, 0.1) is 0 Å². The Labute approximate surface area is 170 Å². The average molecular weight is 413 g/mol. The van der Waals surface area contributed by atoms with Gasteiger partial charge in [-0.05, 0) is 35.9 Å². The second-order valence-electron chi connectivity index (χ2n) is 6.85. The van der Waals surface area contributed by atoms with Crippen LogP contribution in [0.25, 0.3) is 5.65 Å². The quantitative estimate of drug-likeness (QED) is 0.495. The molecule has 0 radical (unpaired) electrons. The summed E-state index contributed by atoms with van der Waals surface area (Å²) in [5.74, 6) is -0.324. The van der Waals surface area contributed by atoms with Crippen molar-refractivity contribution in [3.63, 3.8) is 0 Å². The smallest absolute Gasteiger partial charge is 0.416 e. The highest BCUT2D eigenvalue weighted by atomic mass is 19.4. The van der Waals surface area contributed by atoms with E-state index in [4.69, 9.17) is 4.42 Å². The van der Waals surface area contributed by atoms with E-state index < -0.39 is 17.7 Å². The second kappa shape index (κ2) is 8.06. The molecule has 1 aromatic carbocycles. The van der Waals surface area contributed by atoms with Crippen molar-refractivity contribution in [3.05, 3.63) is 95.8 Å². The molecule has 0 aliphatic carbocycles. The lowest BCUT2D eigenvalue weighted by Gasteiger charge is -2.19. The first kappa shape index (κ1) is 19.8. The van der Waals surface area contributed by atoms with Crippen LogP contribution in [0.4, 0.5) is 13.2 Å². The van der Waals surface area contributed by atoms with Crippen molar-refractivity contribution in [1.82, 2.24) is 14.7 Å². The predicted octanol–water partition coefficient (Wildman–Crippen LogP) is 4.78. The lowest BCUT2D eigenvalue weighted by atomic mass is 9.91. The molecule has 0 spiro atoms. The van der Waals surface area contributed by atoms with Crippen LogP contribution in [0.15, 0.2) is 77.7 Å². The van der Waals surface area contributed by atoms with Crippen molar-refractivity contribution in [2.75, 3.05) is 0 Å². The zero-order chi connectivity index (χ0) is 21.1.